The number of benzene rings is 1. The van der Waals surface area contributed by atoms with E-state index in [9.17, 15) is 4.79 Å². The molecule has 20 heavy (non-hydrogen) atoms. The Morgan fingerprint density at radius 1 is 1.35 bits per heavy atom. The fourth-order valence-corrected chi connectivity index (χ4v) is 1.94. The predicted octanol–water partition coefficient (Wildman–Crippen LogP) is 2.95. The van der Waals surface area contributed by atoms with Gasteiger partial charge in [-0.3, -0.25) is 9.48 Å². The van der Waals surface area contributed by atoms with Gasteiger partial charge in [-0.2, -0.15) is 5.10 Å². The highest BCUT2D eigenvalue weighted by Gasteiger charge is 2.14. The van der Waals surface area contributed by atoms with Gasteiger partial charge in [-0.1, -0.05) is 11.6 Å². The van der Waals surface area contributed by atoms with Crippen molar-refractivity contribution in [3.05, 3.63) is 40.2 Å². The summed E-state index contributed by atoms with van der Waals surface area (Å²) in [5.41, 5.74) is 2.71. The lowest BCUT2D eigenvalue weighted by Crippen LogP contribution is -2.14. The summed E-state index contributed by atoms with van der Waals surface area (Å²) in [7, 11) is 3.32. The number of nitrogens with one attached hydrogen (secondary N) is 1. The minimum absolute atomic E-state index is 0.284. The number of rotatable bonds is 3. The van der Waals surface area contributed by atoms with E-state index in [1.807, 2.05) is 13.8 Å². The second-order valence-corrected chi connectivity index (χ2v) is 4.96. The largest absolute Gasteiger partial charge is 0.495 e. The zero-order valence-corrected chi connectivity index (χ0v) is 12.6. The van der Waals surface area contributed by atoms with Crippen LogP contribution in [0.5, 0.6) is 5.75 Å². The average Bonchev–Trinajstić information content (AvgIpc) is 2.74. The van der Waals surface area contributed by atoms with E-state index in [1.165, 1.54) is 7.11 Å². The van der Waals surface area contributed by atoms with Crippen molar-refractivity contribution in [3.63, 3.8) is 0 Å². The lowest BCUT2D eigenvalue weighted by Gasteiger charge is -2.11. The van der Waals surface area contributed by atoms with Crippen molar-refractivity contribution in [2.45, 2.75) is 13.8 Å². The van der Waals surface area contributed by atoms with Crippen LogP contribution < -0.4 is 10.1 Å². The van der Waals surface area contributed by atoms with E-state index in [2.05, 4.69) is 10.4 Å². The van der Waals surface area contributed by atoms with E-state index in [-0.39, 0.29) is 5.91 Å². The minimum Gasteiger partial charge on any atom is -0.495 e. The predicted molar refractivity (Wildman–Crippen MR) is 78.6 cm³/mol. The number of ether oxygens (including phenoxy) is 1. The molecule has 0 fully saturated rings. The number of carbonyl (C=O) groups excluding carboxylic acids is 1. The Morgan fingerprint density at radius 3 is 2.60 bits per heavy atom. The first-order chi connectivity index (χ1) is 9.42. The molecule has 0 atom stereocenters. The molecule has 0 spiro atoms. The molecule has 1 heterocycles. The first-order valence-electron chi connectivity index (χ1n) is 6.08. The van der Waals surface area contributed by atoms with Gasteiger partial charge in [0.2, 0.25) is 0 Å². The van der Waals surface area contributed by atoms with Crippen LogP contribution in [-0.2, 0) is 7.05 Å². The molecule has 106 valence electrons. The molecule has 0 aliphatic carbocycles. The van der Waals surface area contributed by atoms with Crippen LogP contribution in [-0.4, -0.2) is 22.8 Å². The number of anilines is 1. The molecule has 2 aromatic rings. The number of amides is 1. The third-order valence-electron chi connectivity index (χ3n) is 3.08. The first-order valence-corrected chi connectivity index (χ1v) is 6.46. The molecule has 1 amide bonds. The highest BCUT2D eigenvalue weighted by Crippen LogP contribution is 2.31. The molecule has 0 aliphatic heterocycles. The molecule has 1 aromatic heterocycles. The lowest BCUT2D eigenvalue weighted by atomic mass is 10.2. The number of hydrogen-bond acceptors (Lipinski definition) is 3. The first kappa shape index (κ1) is 14.4. The van der Waals surface area contributed by atoms with E-state index in [1.54, 1.807) is 29.9 Å². The monoisotopic (exact) mass is 293 g/mol. The highest BCUT2D eigenvalue weighted by molar-refractivity contribution is 6.31. The molecule has 0 saturated carbocycles. The summed E-state index contributed by atoms with van der Waals surface area (Å²) < 4.78 is 6.87. The molecule has 0 radical (unpaired) electrons. The summed E-state index contributed by atoms with van der Waals surface area (Å²) in [6, 6.07) is 5.18. The number of aryl methyl sites for hydroxylation is 3. The van der Waals surface area contributed by atoms with Crippen LogP contribution in [0.25, 0.3) is 0 Å². The number of methoxy groups -OCH3 is 1. The standard InChI is InChI=1S/C14H16ClN3O2/c1-8-5-11(13(20-4)7-10(8)15)16-14(19)12-6-9(2)18(3)17-12/h5-7H,1-4H3,(H,16,19). The van der Waals surface area contributed by atoms with Crippen LogP contribution in [0.2, 0.25) is 5.02 Å². The van der Waals surface area contributed by atoms with E-state index in [4.69, 9.17) is 16.3 Å². The molecule has 1 N–H and O–H groups in total. The second kappa shape index (κ2) is 5.54. The Bertz CT molecular complexity index is 645. The molecule has 0 saturated heterocycles. The smallest absolute Gasteiger partial charge is 0.276 e. The van der Waals surface area contributed by atoms with Crippen molar-refractivity contribution >= 4 is 23.2 Å². The van der Waals surface area contributed by atoms with Crippen molar-refractivity contribution in [3.8, 4) is 5.75 Å². The van der Waals surface area contributed by atoms with Crippen LogP contribution in [0.1, 0.15) is 21.7 Å². The van der Waals surface area contributed by atoms with Crippen LogP contribution in [0, 0.1) is 13.8 Å². The lowest BCUT2D eigenvalue weighted by molar-refractivity contribution is 0.102. The second-order valence-electron chi connectivity index (χ2n) is 4.55. The number of hydrogen-bond donors (Lipinski definition) is 1. The molecule has 0 unspecified atom stereocenters. The summed E-state index contributed by atoms with van der Waals surface area (Å²) >= 11 is 6.03. The van der Waals surface area contributed by atoms with Gasteiger partial charge in [-0.05, 0) is 31.5 Å². The maximum absolute atomic E-state index is 12.2. The number of aromatic nitrogens is 2. The van der Waals surface area contributed by atoms with Crippen molar-refractivity contribution in [1.29, 1.82) is 0 Å². The molecular formula is C14H16ClN3O2. The Kier molecular flexibility index (Phi) is 3.99. The van der Waals surface area contributed by atoms with E-state index in [0.29, 0.717) is 22.2 Å². The van der Waals surface area contributed by atoms with Gasteiger partial charge in [0.05, 0.1) is 12.8 Å². The van der Waals surface area contributed by atoms with E-state index >= 15 is 0 Å². The molecule has 2 rings (SSSR count). The van der Waals surface area contributed by atoms with Gasteiger partial charge in [0, 0.05) is 23.8 Å². The Hall–Kier alpha value is -2.01. The van der Waals surface area contributed by atoms with Crippen LogP contribution in [0.4, 0.5) is 5.69 Å². The van der Waals surface area contributed by atoms with Gasteiger partial charge < -0.3 is 10.1 Å². The highest BCUT2D eigenvalue weighted by atomic mass is 35.5. The molecule has 0 bridgehead atoms. The Balaban J connectivity index is 2.29. The quantitative estimate of drug-likeness (QED) is 0.946. The summed E-state index contributed by atoms with van der Waals surface area (Å²) in [6.45, 7) is 3.75. The van der Waals surface area contributed by atoms with Gasteiger partial charge in [0.1, 0.15) is 5.75 Å². The normalized spacial score (nSPS) is 10.4. The minimum atomic E-state index is -0.284. The van der Waals surface area contributed by atoms with Gasteiger partial charge in [-0.25, -0.2) is 0 Å². The number of halogens is 1. The molecule has 1 aromatic carbocycles. The van der Waals surface area contributed by atoms with E-state index < -0.39 is 0 Å². The molecule has 5 nitrogen and oxygen atoms in total. The summed E-state index contributed by atoms with van der Waals surface area (Å²) in [6.07, 6.45) is 0. The van der Waals surface area contributed by atoms with Gasteiger partial charge in [-0.15, -0.1) is 0 Å². The van der Waals surface area contributed by atoms with Crippen molar-refractivity contribution in [2.24, 2.45) is 7.05 Å². The zero-order valence-electron chi connectivity index (χ0n) is 11.8. The van der Waals surface area contributed by atoms with Crippen LogP contribution in [0.3, 0.4) is 0 Å². The summed E-state index contributed by atoms with van der Waals surface area (Å²) in [5, 5.41) is 7.52. The Labute approximate surface area is 122 Å². The van der Waals surface area contributed by atoms with Gasteiger partial charge in [0.25, 0.3) is 5.91 Å². The third kappa shape index (κ3) is 2.77. The van der Waals surface area contributed by atoms with Crippen molar-refractivity contribution in [1.82, 2.24) is 9.78 Å². The van der Waals surface area contributed by atoms with Gasteiger partial charge >= 0.3 is 0 Å². The molecule has 0 aliphatic rings. The summed E-state index contributed by atoms with van der Waals surface area (Å²) in [4.78, 5) is 12.2. The molecule has 6 heteroatoms. The topological polar surface area (TPSA) is 56.1 Å². The van der Waals surface area contributed by atoms with Crippen molar-refractivity contribution < 1.29 is 9.53 Å². The van der Waals surface area contributed by atoms with Crippen LogP contribution in [0.15, 0.2) is 18.2 Å². The number of nitrogens with zero attached hydrogens (tertiary/aromatic N) is 2. The molecular weight excluding hydrogens is 278 g/mol. The Morgan fingerprint density at radius 2 is 2.05 bits per heavy atom. The maximum Gasteiger partial charge on any atom is 0.276 e. The zero-order chi connectivity index (χ0) is 14.9. The van der Waals surface area contributed by atoms with Crippen molar-refractivity contribution in [2.75, 3.05) is 12.4 Å². The SMILES string of the molecule is COc1cc(Cl)c(C)cc1NC(=O)c1cc(C)n(C)n1. The third-order valence-corrected chi connectivity index (χ3v) is 3.48. The average molecular weight is 294 g/mol. The number of carbonyl (C=O) groups is 1. The maximum atomic E-state index is 12.2. The van der Waals surface area contributed by atoms with Crippen LogP contribution >= 0.6 is 11.6 Å². The van der Waals surface area contributed by atoms with Gasteiger partial charge in [0.15, 0.2) is 5.69 Å². The fourth-order valence-electron chi connectivity index (χ4n) is 1.79. The fraction of sp³-hybridized carbons (Fsp3) is 0.286. The van der Waals surface area contributed by atoms with E-state index in [0.717, 1.165) is 11.3 Å². The summed E-state index contributed by atoms with van der Waals surface area (Å²) in [5.74, 6) is 0.232.